The Morgan fingerprint density at radius 2 is 1.08 bits per heavy atom. The highest BCUT2D eigenvalue weighted by Crippen LogP contribution is 2.39. The first kappa shape index (κ1) is 24.8. The molecule has 0 radical (unpaired) electrons. The topological polar surface area (TPSA) is 35.6 Å². The van der Waals surface area contributed by atoms with Crippen molar-refractivity contribution in [2.75, 3.05) is 0 Å². The van der Waals surface area contributed by atoms with E-state index in [1.54, 1.807) is 0 Å². The van der Waals surface area contributed by atoms with Gasteiger partial charge in [-0.05, 0) is 31.0 Å². The largest absolute Gasteiger partial charge is 0.339 e. The van der Waals surface area contributed by atoms with Crippen LogP contribution in [0.5, 0.6) is 0 Å². The highest BCUT2D eigenvalue weighted by Gasteiger charge is 2.19. The molecule has 0 bridgehead atoms. The van der Waals surface area contributed by atoms with Crippen molar-refractivity contribution in [1.82, 2.24) is 19.1 Å². The highest BCUT2D eigenvalue weighted by molar-refractivity contribution is 6.24. The van der Waals surface area contributed by atoms with Crippen LogP contribution >= 0.6 is 0 Å². The lowest BCUT2D eigenvalue weighted by Gasteiger charge is -2.10. The van der Waals surface area contributed by atoms with Gasteiger partial charge in [0, 0.05) is 47.0 Å². The summed E-state index contributed by atoms with van der Waals surface area (Å²) in [6.07, 6.45) is 23.8. The van der Waals surface area contributed by atoms with Crippen molar-refractivity contribution in [3.8, 4) is 0 Å². The van der Waals surface area contributed by atoms with Crippen LogP contribution in [-0.2, 0) is 13.1 Å². The Labute approximate surface area is 215 Å². The minimum atomic E-state index is 1.05. The first-order valence-electron chi connectivity index (χ1n) is 14.5. The van der Waals surface area contributed by atoms with Crippen molar-refractivity contribution >= 4 is 43.6 Å². The van der Waals surface area contributed by atoms with Crippen LogP contribution in [0.25, 0.3) is 43.6 Å². The number of nitrogens with zero attached hydrogens (tertiary/aromatic N) is 4. The molecule has 0 atom stereocenters. The van der Waals surface area contributed by atoms with Crippen LogP contribution in [0.3, 0.4) is 0 Å². The molecule has 4 nitrogen and oxygen atoms in total. The van der Waals surface area contributed by atoms with Crippen LogP contribution < -0.4 is 0 Å². The van der Waals surface area contributed by atoms with Gasteiger partial charge < -0.3 is 9.13 Å². The third-order valence-corrected chi connectivity index (χ3v) is 7.93. The zero-order valence-electron chi connectivity index (χ0n) is 22.3. The number of unbranched alkanes of at least 4 members (excludes halogenated alkanes) is 10. The molecule has 4 heterocycles. The molecule has 190 valence electrons. The summed E-state index contributed by atoms with van der Waals surface area (Å²) in [6, 6.07) is 9.11. The molecule has 4 aromatic heterocycles. The molecule has 0 spiro atoms. The number of benzene rings is 1. The van der Waals surface area contributed by atoms with Crippen molar-refractivity contribution in [3.05, 3.63) is 49.1 Å². The first-order valence-corrected chi connectivity index (χ1v) is 14.5. The Morgan fingerprint density at radius 3 is 1.75 bits per heavy atom. The van der Waals surface area contributed by atoms with E-state index < -0.39 is 0 Å². The van der Waals surface area contributed by atoms with Crippen LogP contribution in [0.1, 0.15) is 90.9 Å². The minimum absolute atomic E-state index is 1.05. The maximum Gasteiger partial charge on any atom is 0.0678 e. The van der Waals surface area contributed by atoms with E-state index in [4.69, 9.17) is 0 Å². The van der Waals surface area contributed by atoms with Crippen molar-refractivity contribution in [2.24, 2.45) is 0 Å². The number of fused-ring (bicyclic) bond motifs is 7. The van der Waals surface area contributed by atoms with Gasteiger partial charge in [-0.2, -0.15) is 0 Å². The van der Waals surface area contributed by atoms with Gasteiger partial charge in [0.15, 0.2) is 0 Å². The molecule has 1 aromatic carbocycles. The third kappa shape index (κ3) is 4.87. The van der Waals surface area contributed by atoms with Crippen LogP contribution in [-0.4, -0.2) is 19.1 Å². The van der Waals surface area contributed by atoms with Crippen LogP contribution in [0.15, 0.2) is 49.1 Å². The third-order valence-electron chi connectivity index (χ3n) is 7.93. The molecule has 0 saturated heterocycles. The van der Waals surface area contributed by atoms with Gasteiger partial charge in [0.1, 0.15) is 0 Å². The summed E-state index contributed by atoms with van der Waals surface area (Å²) in [5.74, 6) is 0. The van der Waals surface area contributed by atoms with Crippen molar-refractivity contribution in [2.45, 2.75) is 104 Å². The van der Waals surface area contributed by atoms with E-state index in [9.17, 15) is 0 Å². The molecule has 4 heteroatoms. The SMILES string of the molecule is CCCCCCCCn1c2cnccc2c2c1ccc1c3ccncc3n(CCCCCCCC)c12. The Bertz CT molecular complexity index is 1420. The Kier molecular flexibility index (Phi) is 8.20. The normalized spacial score (nSPS) is 12.1. The monoisotopic (exact) mass is 482 g/mol. The van der Waals surface area contributed by atoms with E-state index in [2.05, 4.69) is 69.6 Å². The molecule has 0 aliphatic heterocycles. The molecule has 5 rings (SSSR count). The van der Waals surface area contributed by atoms with E-state index in [0.717, 1.165) is 13.1 Å². The van der Waals surface area contributed by atoms with E-state index >= 15 is 0 Å². The summed E-state index contributed by atoms with van der Waals surface area (Å²) in [6.45, 7) is 6.68. The summed E-state index contributed by atoms with van der Waals surface area (Å²) in [7, 11) is 0. The summed E-state index contributed by atoms with van der Waals surface area (Å²) >= 11 is 0. The smallest absolute Gasteiger partial charge is 0.0678 e. The quantitative estimate of drug-likeness (QED) is 0.148. The van der Waals surface area contributed by atoms with Crippen LogP contribution in [0, 0.1) is 0 Å². The van der Waals surface area contributed by atoms with E-state index in [-0.39, 0.29) is 0 Å². The highest BCUT2D eigenvalue weighted by atomic mass is 15.0. The number of aromatic nitrogens is 4. The van der Waals surface area contributed by atoms with Gasteiger partial charge in [-0.1, -0.05) is 84.1 Å². The summed E-state index contributed by atoms with van der Waals surface area (Å²) in [5, 5.41) is 5.38. The molecule has 0 N–H and O–H groups in total. The Morgan fingerprint density at radius 1 is 0.528 bits per heavy atom. The lowest BCUT2D eigenvalue weighted by Crippen LogP contribution is -1.99. The Balaban J connectivity index is 1.56. The standard InChI is InChI=1S/C32H42N4/c1-3-5-7-9-11-13-21-35-28-16-15-26-25-17-19-33-23-29(25)36(22-14-12-10-8-6-4-2)32(26)31(28)27-18-20-34-24-30(27)35/h15-20,23-24H,3-14,21-22H2,1-2H3. The zero-order valence-corrected chi connectivity index (χ0v) is 22.3. The molecular weight excluding hydrogens is 440 g/mol. The van der Waals surface area contributed by atoms with Crippen molar-refractivity contribution < 1.29 is 0 Å². The molecule has 0 aliphatic carbocycles. The summed E-state index contributed by atoms with van der Waals surface area (Å²) in [5.41, 5.74) is 5.25. The first-order chi connectivity index (χ1) is 17.8. The maximum absolute atomic E-state index is 4.53. The van der Waals surface area contributed by atoms with Gasteiger partial charge in [0.25, 0.3) is 0 Å². The fourth-order valence-corrected chi connectivity index (χ4v) is 6.03. The Hall–Kier alpha value is -2.88. The zero-order chi connectivity index (χ0) is 24.7. The van der Waals surface area contributed by atoms with Gasteiger partial charge in [0.2, 0.25) is 0 Å². The fraction of sp³-hybridized carbons (Fsp3) is 0.500. The lowest BCUT2D eigenvalue weighted by molar-refractivity contribution is 0.570. The van der Waals surface area contributed by atoms with Crippen molar-refractivity contribution in [1.29, 1.82) is 0 Å². The second kappa shape index (κ2) is 11.9. The molecule has 0 fully saturated rings. The number of hydrogen-bond donors (Lipinski definition) is 0. The minimum Gasteiger partial charge on any atom is -0.339 e. The number of rotatable bonds is 14. The number of hydrogen-bond acceptors (Lipinski definition) is 2. The fourth-order valence-electron chi connectivity index (χ4n) is 6.03. The van der Waals surface area contributed by atoms with Gasteiger partial charge in [-0.3, -0.25) is 9.97 Å². The predicted molar refractivity (Wildman–Crippen MR) is 155 cm³/mol. The molecule has 0 aliphatic rings. The van der Waals surface area contributed by atoms with Crippen LogP contribution in [0.2, 0.25) is 0 Å². The molecule has 36 heavy (non-hydrogen) atoms. The average molecular weight is 483 g/mol. The van der Waals surface area contributed by atoms with Crippen molar-refractivity contribution in [3.63, 3.8) is 0 Å². The predicted octanol–water partition coefficient (Wildman–Crippen LogP) is 9.41. The van der Waals surface area contributed by atoms with Gasteiger partial charge in [0.05, 0.1) is 34.5 Å². The lowest BCUT2D eigenvalue weighted by atomic mass is 10.1. The second-order valence-electron chi connectivity index (χ2n) is 10.5. The number of pyridine rings is 2. The molecule has 0 unspecified atom stereocenters. The van der Waals surface area contributed by atoms with Gasteiger partial charge in [-0.15, -0.1) is 0 Å². The summed E-state index contributed by atoms with van der Waals surface area (Å²) < 4.78 is 5.09. The van der Waals surface area contributed by atoms with Gasteiger partial charge >= 0.3 is 0 Å². The molecular formula is C32H42N4. The van der Waals surface area contributed by atoms with E-state index in [1.807, 2.05) is 12.4 Å². The van der Waals surface area contributed by atoms with Gasteiger partial charge in [-0.25, -0.2) is 0 Å². The maximum atomic E-state index is 4.53. The molecule has 5 aromatic rings. The van der Waals surface area contributed by atoms with E-state index in [0.29, 0.717) is 0 Å². The summed E-state index contributed by atoms with van der Waals surface area (Å²) in [4.78, 5) is 9.05. The molecule has 0 amide bonds. The van der Waals surface area contributed by atoms with Crippen LogP contribution in [0.4, 0.5) is 0 Å². The average Bonchev–Trinajstić information content (AvgIpc) is 3.41. The second-order valence-corrected chi connectivity index (χ2v) is 10.5. The molecule has 0 saturated carbocycles. The van der Waals surface area contributed by atoms with E-state index in [1.165, 1.54) is 121 Å². The number of aryl methyl sites for hydroxylation is 2.